The minimum absolute atomic E-state index is 0. The Hall–Kier alpha value is -1.60. The lowest BCUT2D eigenvalue weighted by Crippen LogP contribution is -2.41. The molecule has 0 fully saturated rings. The third-order valence-corrected chi connectivity index (χ3v) is 3.41. The summed E-state index contributed by atoms with van der Waals surface area (Å²) in [4.78, 5) is 39.1. The Bertz CT molecular complexity index is 594. The predicted molar refractivity (Wildman–Crippen MR) is 83.9 cm³/mol. The second-order valence-electron chi connectivity index (χ2n) is 5.29. The second kappa shape index (κ2) is 7.99. The molecule has 1 unspecified atom stereocenters. The first-order chi connectivity index (χ1) is 9.25. The van der Waals surface area contributed by atoms with Crippen LogP contribution in [-0.2, 0) is 7.05 Å². The van der Waals surface area contributed by atoms with Crippen molar-refractivity contribution in [2.75, 3.05) is 13.6 Å². The van der Waals surface area contributed by atoms with Crippen molar-refractivity contribution in [1.82, 2.24) is 14.5 Å². The highest BCUT2D eigenvalue weighted by atomic mass is 35.5. The maximum atomic E-state index is 12.2. The van der Waals surface area contributed by atoms with E-state index in [-0.39, 0.29) is 24.0 Å². The fraction of sp³-hybridized carbons (Fsp3) is 0.615. The Balaban J connectivity index is 0.00000400. The van der Waals surface area contributed by atoms with Crippen molar-refractivity contribution in [1.29, 1.82) is 0 Å². The van der Waals surface area contributed by atoms with E-state index in [0.717, 1.165) is 10.8 Å². The molecule has 1 heterocycles. The number of aromatic amines is 1. The van der Waals surface area contributed by atoms with Gasteiger partial charge in [-0.1, -0.05) is 13.8 Å². The highest BCUT2D eigenvalue weighted by Gasteiger charge is 2.18. The number of hydrogen-bond donors (Lipinski definition) is 2. The molecule has 0 aromatic carbocycles. The molecule has 1 amide bonds. The minimum atomic E-state index is -0.598. The largest absolute Gasteiger partial charge is 0.341 e. The lowest BCUT2D eigenvalue weighted by Gasteiger charge is -2.21. The first-order valence-electron chi connectivity index (χ1n) is 6.55. The molecule has 7 nitrogen and oxygen atoms in total. The zero-order chi connectivity index (χ0) is 15.4. The molecule has 0 bridgehead atoms. The van der Waals surface area contributed by atoms with Crippen molar-refractivity contribution >= 4 is 18.3 Å². The van der Waals surface area contributed by atoms with Gasteiger partial charge in [-0.25, -0.2) is 4.79 Å². The summed E-state index contributed by atoms with van der Waals surface area (Å²) in [5.41, 5.74) is 4.73. The molecule has 0 aliphatic rings. The molecule has 0 aliphatic heterocycles. The van der Waals surface area contributed by atoms with E-state index >= 15 is 0 Å². The third kappa shape index (κ3) is 4.71. The number of rotatable bonds is 5. The van der Waals surface area contributed by atoms with Crippen LogP contribution >= 0.6 is 12.4 Å². The number of carbonyl (C=O) groups is 1. The normalized spacial score (nSPS) is 11.9. The first kappa shape index (κ1) is 19.4. The topological polar surface area (TPSA) is 101 Å². The van der Waals surface area contributed by atoms with Crippen molar-refractivity contribution in [2.45, 2.75) is 26.3 Å². The molecule has 1 aromatic heterocycles. The maximum absolute atomic E-state index is 12.2. The molecule has 0 saturated heterocycles. The van der Waals surface area contributed by atoms with Gasteiger partial charge < -0.3 is 15.6 Å². The molecular weight excluding hydrogens is 296 g/mol. The standard InChI is InChI=1S/C13H22N4O3.ClH/c1-8(2)10(14)5-6-16(3)11(18)9-7-15-13(20)17(4)12(9)19;/h7-8,10H,5-6,14H2,1-4H3,(H,15,20);1H. The summed E-state index contributed by atoms with van der Waals surface area (Å²) in [5.74, 6) is -0.0859. The summed E-state index contributed by atoms with van der Waals surface area (Å²) in [6, 6.07) is 0.00339. The average Bonchev–Trinajstić information content (AvgIpc) is 2.41. The van der Waals surface area contributed by atoms with Gasteiger partial charge >= 0.3 is 5.69 Å². The van der Waals surface area contributed by atoms with Crippen molar-refractivity contribution < 1.29 is 4.79 Å². The molecule has 0 aliphatic carbocycles. The lowest BCUT2D eigenvalue weighted by molar-refractivity contribution is 0.0786. The number of H-pyrrole nitrogens is 1. The molecule has 1 aromatic rings. The molecule has 0 radical (unpaired) electrons. The van der Waals surface area contributed by atoms with Crippen LogP contribution in [0.2, 0.25) is 0 Å². The van der Waals surface area contributed by atoms with Crippen LogP contribution in [0.3, 0.4) is 0 Å². The highest BCUT2D eigenvalue weighted by Crippen LogP contribution is 2.05. The molecule has 0 spiro atoms. The fourth-order valence-electron chi connectivity index (χ4n) is 1.70. The minimum Gasteiger partial charge on any atom is -0.341 e. The zero-order valence-corrected chi connectivity index (χ0v) is 13.6. The van der Waals surface area contributed by atoms with Crippen LogP contribution < -0.4 is 17.0 Å². The van der Waals surface area contributed by atoms with Gasteiger partial charge in [-0.3, -0.25) is 14.2 Å². The van der Waals surface area contributed by atoms with E-state index in [4.69, 9.17) is 5.73 Å². The summed E-state index contributed by atoms with van der Waals surface area (Å²) >= 11 is 0. The molecule has 120 valence electrons. The van der Waals surface area contributed by atoms with Crippen LogP contribution in [-0.4, -0.2) is 40.0 Å². The quantitative estimate of drug-likeness (QED) is 0.794. The highest BCUT2D eigenvalue weighted by molar-refractivity contribution is 5.93. The van der Waals surface area contributed by atoms with Gasteiger partial charge in [0.15, 0.2) is 0 Å². The maximum Gasteiger partial charge on any atom is 0.328 e. The molecule has 1 atom stereocenters. The van der Waals surface area contributed by atoms with Crippen LogP contribution in [0.25, 0.3) is 0 Å². The smallest absolute Gasteiger partial charge is 0.328 e. The first-order valence-corrected chi connectivity index (χ1v) is 6.55. The van der Waals surface area contributed by atoms with Crippen molar-refractivity contribution in [3.63, 3.8) is 0 Å². The van der Waals surface area contributed by atoms with Crippen molar-refractivity contribution in [2.24, 2.45) is 18.7 Å². The Morgan fingerprint density at radius 2 is 2.00 bits per heavy atom. The lowest BCUT2D eigenvalue weighted by atomic mass is 10.0. The van der Waals surface area contributed by atoms with E-state index in [1.165, 1.54) is 11.9 Å². The van der Waals surface area contributed by atoms with Crippen LogP contribution in [0.4, 0.5) is 0 Å². The van der Waals surface area contributed by atoms with Gasteiger partial charge in [0.2, 0.25) is 0 Å². The van der Waals surface area contributed by atoms with Gasteiger partial charge in [-0.05, 0) is 12.3 Å². The van der Waals surface area contributed by atoms with E-state index in [1.807, 2.05) is 13.8 Å². The third-order valence-electron chi connectivity index (χ3n) is 3.41. The van der Waals surface area contributed by atoms with Gasteiger partial charge in [0.05, 0.1) is 0 Å². The van der Waals surface area contributed by atoms with Crippen molar-refractivity contribution in [3.05, 3.63) is 32.6 Å². The van der Waals surface area contributed by atoms with E-state index in [2.05, 4.69) is 4.98 Å². The summed E-state index contributed by atoms with van der Waals surface area (Å²) < 4.78 is 0.876. The van der Waals surface area contributed by atoms with Crippen LogP contribution in [0.1, 0.15) is 30.6 Å². The van der Waals surface area contributed by atoms with E-state index < -0.39 is 17.2 Å². The predicted octanol–water partition coefficient (Wildman–Crippen LogP) is -0.0592. The summed E-state index contributed by atoms with van der Waals surface area (Å²) in [7, 11) is 2.94. The molecular formula is C13H23ClN4O3. The Kier molecular flexibility index (Phi) is 7.38. The summed E-state index contributed by atoms with van der Waals surface area (Å²) in [6.07, 6.45) is 1.81. The Morgan fingerprint density at radius 3 is 2.52 bits per heavy atom. The van der Waals surface area contributed by atoms with E-state index in [1.54, 1.807) is 7.05 Å². The van der Waals surface area contributed by atoms with Gasteiger partial charge in [0, 0.05) is 32.9 Å². The van der Waals surface area contributed by atoms with Crippen LogP contribution in [0, 0.1) is 5.92 Å². The average molecular weight is 319 g/mol. The van der Waals surface area contributed by atoms with Gasteiger partial charge in [0.1, 0.15) is 5.56 Å². The number of halogens is 1. The number of nitrogens with one attached hydrogen (secondary N) is 1. The van der Waals surface area contributed by atoms with E-state index in [0.29, 0.717) is 18.9 Å². The van der Waals surface area contributed by atoms with Crippen molar-refractivity contribution in [3.8, 4) is 0 Å². The summed E-state index contributed by atoms with van der Waals surface area (Å²) in [5, 5.41) is 0. The SMILES string of the molecule is CC(C)C(N)CCN(C)C(=O)c1c[nH]c(=O)n(C)c1=O.Cl. The molecule has 3 N–H and O–H groups in total. The van der Waals surface area contributed by atoms with Gasteiger partial charge in [-0.15, -0.1) is 12.4 Å². The molecule has 1 rings (SSSR count). The second-order valence-corrected chi connectivity index (χ2v) is 5.29. The van der Waals surface area contributed by atoms with Gasteiger partial charge in [-0.2, -0.15) is 0 Å². The Morgan fingerprint density at radius 1 is 1.43 bits per heavy atom. The number of carbonyl (C=O) groups excluding carboxylic acids is 1. The number of nitrogens with two attached hydrogens (primary N) is 1. The van der Waals surface area contributed by atoms with Crippen LogP contribution in [0.15, 0.2) is 15.8 Å². The fourth-order valence-corrected chi connectivity index (χ4v) is 1.70. The Labute approximate surface area is 129 Å². The van der Waals surface area contributed by atoms with Crippen LogP contribution in [0.5, 0.6) is 0 Å². The zero-order valence-electron chi connectivity index (χ0n) is 12.8. The number of amides is 1. The van der Waals surface area contributed by atoms with E-state index in [9.17, 15) is 14.4 Å². The number of nitrogens with zero attached hydrogens (tertiary/aromatic N) is 2. The monoisotopic (exact) mass is 318 g/mol. The molecule has 21 heavy (non-hydrogen) atoms. The number of hydrogen-bond acceptors (Lipinski definition) is 4. The summed E-state index contributed by atoms with van der Waals surface area (Å²) in [6.45, 7) is 4.49. The molecule has 0 saturated carbocycles. The number of aromatic nitrogens is 2. The van der Waals surface area contributed by atoms with Gasteiger partial charge in [0.25, 0.3) is 11.5 Å². The molecule has 8 heteroatoms.